The Morgan fingerprint density at radius 2 is 1.83 bits per heavy atom. The number of urea groups is 1. The van der Waals surface area contributed by atoms with Crippen LogP contribution in [0, 0.1) is 6.92 Å². The van der Waals surface area contributed by atoms with E-state index in [9.17, 15) is 13.2 Å². The van der Waals surface area contributed by atoms with Gasteiger partial charge in [-0.15, -0.1) is 0 Å². The normalized spacial score (nSPS) is 15.5. The molecule has 0 spiro atoms. The number of aromatic nitrogens is 2. The summed E-state index contributed by atoms with van der Waals surface area (Å²) in [6, 6.07) is 7.52. The van der Waals surface area contributed by atoms with E-state index in [2.05, 4.69) is 20.0 Å². The number of rotatable bonds is 5. The van der Waals surface area contributed by atoms with Gasteiger partial charge >= 0.3 is 6.03 Å². The number of carbonyl (C=O) groups is 1. The second-order valence-corrected chi connectivity index (χ2v) is 9.77. The van der Waals surface area contributed by atoms with Crippen molar-refractivity contribution < 1.29 is 13.2 Å². The number of hydrogen-bond acceptors (Lipinski definition) is 5. The van der Waals surface area contributed by atoms with E-state index in [0.29, 0.717) is 31.7 Å². The van der Waals surface area contributed by atoms with Crippen LogP contribution in [0.3, 0.4) is 0 Å². The van der Waals surface area contributed by atoms with E-state index in [-0.39, 0.29) is 12.1 Å². The van der Waals surface area contributed by atoms with Crippen molar-refractivity contribution in [3.63, 3.8) is 0 Å². The van der Waals surface area contributed by atoms with Crippen LogP contribution in [0.1, 0.15) is 32.3 Å². The van der Waals surface area contributed by atoms with E-state index in [1.54, 1.807) is 31.1 Å². The maximum absolute atomic E-state index is 12.5. The Bertz CT molecular complexity index is 952. The van der Waals surface area contributed by atoms with Crippen molar-refractivity contribution in [3.05, 3.63) is 42.2 Å². The Hall–Kier alpha value is -2.52. The SMILES string of the molecule is Cc1ccccc1-c1cnc(NC(=O)N2CCC(NS(=O)(=O)C(C)C)CC2)cn1. The average Bonchev–Trinajstić information content (AvgIpc) is 2.69. The number of carbonyl (C=O) groups excluding carboxylic acids is 1. The van der Waals surface area contributed by atoms with E-state index >= 15 is 0 Å². The molecule has 1 aliphatic heterocycles. The first-order valence-corrected chi connectivity index (χ1v) is 11.3. The smallest absolute Gasteiger partial charge is 0.323 e. The molecule has 0 saturated carbocycles. The Morgan fingerprint density at radius 1 is 1.14 bits per heavy atom. The van der Waals surface area contributed by atoms with E-state index in [4.69, 9.17) is 0 Å². The molecule has 156 valence electrons. The van der Waals surface area contributed by atoms with E-state index in [1.165, 1.54) is 0 Å². The minimum atomic E-state index is -3.30. The predicted octanol–water partition coefficient (Wildman–Crippen LogP) is 2.78. The minimum absolute atomic E-state index is 0.139. The molecule has 2 heterocycles. The summed E-state index contributed by atoms with van der Waals surface area (Å²) in [6.45, 7) is 6.27. The first kappa shape index (κ1) is 21.2. The van der Waals surface area contributed by atoms with Crippen LogP contribution in [0.25, 0.3) is 11.3 Å². The topological polar surface area (TPSA) is 104 Å². The number of amides is 2. The van der Waals surface area contributed by atoms with Gasteiger partial charge < -0.3 is 4.90 Å². The molecule has 1 fully saturated rings. The van der Waals surface area contributed by atoms with Crippen LogP contribution in [0.15, 0.2) is 36.7 Å². The summed E-state index contributed by atoms with van der Waals surface area (Å²) < 4.78 is 26.7. The molecular formula is C20H27N5O3S. The Balaban J connectivity index is 1.54. The predicted molar refractivity (Wildman–Crippen MR) is 113 cm³/mol. The molecule has 1 saturated heterocycles. The molecule has 0 atom stereocenters. The highest BCUT2D eigenvalue weighted by Crippen LogP contribution is 2.21. The molecule has 2 N–H and O–H groups in total. The summed E-state index contributed by atoms with van der Waals surface area (Å²) in [4.78, 5) is 22.9. The largest absolute Gasteiger partial charge is 0.324 e. The van der Waals surface area contributed by atoms with Gasteiger partial charge in [-0.25, -0.2) is 22.9 Å². The molecule has 0 radical (unpaired) electrons. The van der Waals surface area contributed by atoms with E-state index in [1.807, 2.05) is 31.2 Å². The van der Waals surface area contributed by atoms with Crippen molar-refractivity contribution in [1.82, 2.24) is 19.6 Å². The van der Waals surface area contributed by atoms with Gasteiger partial charge in [0.1, 0.15) is 0 Å². The fourth-order valence-corrected chi connectivity index (χ4v) is 4.12. The molecule has 1 aliphatic rings. The molecule has 9 heteroatoms. The number of sulfonamides is 1. The van der Waals surface area contributed by atoms with Crippen LogP contribution in [0.5, 0.6) is 0 Å². The second-order valence-electron chi connectivity index (χ2n) is 7.50. The van der Waals surface area contributed by atoms with Gasteiger partial charge in [0.05, 0.1) is 23.3 Å². The summed E-state index contributed by atoms with van der Waals surface area (Å²) in [5.74, 6) is 0.384. The van der Waals surface area contributed by atoms with E-state index in [0.717, 1.165) is 16.8 Å². The van der Waals surface area contributed by atoms with Gasteiger partial charge in [0.15, 0.2) is 5.82 Å². The van der Waals surface area contributed by atoms with Crippen LogP contribution in [-0.4, -0.2) is 53.7 Å². The highest BCUT2D eigenvalue weighted by atomic mass is 32.2. The first-order valence-electron chi connectivity index (χ1n) is 9.71. The van der Waals surface area contributed by atoms with Gasteiger partial charge in [0, 0.05) is 24.7 Å². The zero-order valence-electron chi connectivity index (χ0n) is 16.9. The lowest BCUT2D eigenvalue weighted by Crippen LogP contribution is -2.48. The number of benzene rings is 1. The maximum atomic E-state index is 12.5. The number of likely N-dealkylation sites (tertiary alicyclic amines) is 1. The monoisotopic (exact) mass is 417 g/mol. The zero-order chi connectivity index (χ0) is 21.0. The van der Waals surface area contributed by atoms with Gasteiger partial charge in [-0.2, -0.15) is 0 Å². The van der Waals surface area contributed by atoms with Gasteiger partial charge in [-0.3, -0.25) is 10.3 Å². The van der Waals surface area contributed by atoms with Gasteiger partial charge in [-0.05, 0) is 39.2 Å². The van der Waals surface area contributed by atoms with E-state index < -0.39 is 15.3 Å². The lowest BCUT2D eigenvalue weighted by atomic mass is 10.1. The zero-order valence-corrected chi connectivity index (χ0v) is 17.7. The number of nitrogens with zero attached hydrogens (tertiary/aromatic N) is 3. The van der Waals surface area contributed by atoms with Gasteiger partial charge in [-0.1, -0.05) is 24.3 Å². The number of piperidine rings is 1. The summed E-state index contributed by atoms with van der Waals surface area (Å²) in [6.07, 6.45) is 4.35. The highest BCUT2D eigenvalue weighted by Gasteiger charge is 2.27. The number of nitrogens with one attached hydrogen (secondary N) is 2. The van der Waals surface area contributed by atoms with Crippen LogP contribution in [0.4, 0.5) is 10.6 Å². The average molecular weight is 418 g/mol. The lowest BCUT2D eigenvalue weighted by molar-refractivity contribution is 0.193. The lowest BCUT2D eigenvalue weighted by Gasteiger charge is -2.32. The van der Waals surface area contributed by atoms with Crippen LogP contribution in [-0.2, 0) is 10.0 Å². The first-order chi connectivity index (χ1) is 13.8. The van der Waals surface area contributed by atoms with Crippen molar-refractivity contribution in [3.8, 4) is 11.3 Å². The number of anilines is 1. The van der Waals surface area contributed by atoms with Crippen molar-refractivity contribution in [2.45, 2.75) is 44.9 Å². The molecule has 0 unspecified atom stereocenters. The molecule has 3 rings (SSSR count). The van der Waals surface area contributed by atoms with Crippen LogP contribution >= 0.6 is 0 Å². The third-order valence-electron chi connectivity index (χ3n) is 5.04. The Labute approximate surface area is 171 Å². The molecule has 1 aromatic carbocycles. The fraction of sp³-hybridized carbons (Fsp3) is 0.450. The molecule has 29 heavy (non-hydrogen) atoms. The highest BCUT2D eigenvalue weighted by molar-refractivity contribution is 7.90. The maximum Gasteiger partial charge on any atom is 0.323 e. The molecule has 2 amide bonds. The summed E-state index contributed by atoms with van der Waals surface area (Å²) >= 11 is 0. The Kier molecular flexibility index (Phi) is 6.49. The fourth-order valence-electron chi connectivity index (χ4n) is 3.15. The third kappa shape index (κ3) is 5.30. The summed E-state index contributed by atoms with van der Waals surface area (Å²) in [5, 5.41) is 2.29. The number of aryl methyl sites for hydroxylation is 1. The molecule has 0 bridgehead atoms. The molecule has 0 aliphatic carbocycles. The quantitative estimate of drug-likeness (QED) is 0.778. The molecular weight excluding hydrogens is 390 g/mol. The Morgan fingerprint density at radius 3 is 2.41 bits per heavy atom. The number of hydrogen-bond donors (Lipinski definition) is 2. The second kappa shape index (κ2) is 8.87. The van der Waals surface area contributed by atoms with Gasteiger partial charge in [0.25, 0.3) is 0 Å². The van der Waals surface area contributed by atoms with Crippen molar-refractivity contribution in [2.24, 2.45) is 0 Å². The van der Waals surface area contributed by atoms with Crippen molar-refractivity contribution in [2.75, 3.05) is 18.4 Å². The van der Waals surface area contributed by atoms with Crippen LogP contribution < -0.4 is 10.0 Å². The minimum Gasteiger partial charge on any atom is -0.324 e. The third-order valence-corrected chi connectivity index (χ3v) is 6.94. The summed E-state index contributed by atoms with van der Waals surface area (Å²) in [7, 11) is -3.30. The summed E-state index contributed by atoms with van der Waals surface area (Å²) in [5.41, 5.74) is 2.86. The van der Waals surface area contributed by atoms with Gasteiger partial charge in [0.2, 0.25) is 10.0 Å². The molecule has 2 aromatic rings. The molecule has 1 aromatic heterocycles. The molecule has 8 nitrogen and oxygen atoms in total. The van der Waals surface area contributed by atoms with Crippen LogP contribution in [0.2, 0.25) is 0 Å². The van der Waals surface area contributed by atoms with Crippen molar-refractivity contribution >= 4 is 21.9 Å². The standard InChI is InChI=1S/C20H27N5O3S/c1-14(2)29(27,28)24-16-8-10-25(11-9-16)20(26)23-19-13-21-18(12-22-19)17-7-5-4-6-15(17)3/h4-7,12-14,16,24H,8-11H2,1-3H3,(H,22,23,26). The van der Waals surface area contributed by atoms with Crippen molar-refractivity contribution in [1.29, 1.82) is 0 Å².